The number of carbonyl (C=O) groups is 2. The number of ether oxygens (including phenoxy) is 2. The van der Waals surface area contributed by atoms with E-state index in [2.05, 4.69) is 5.10 Å². The minimum atomic E-state index is -0.817. The Bertz CT molecular complexity index is 637. The first-order valence-corrected chi connectivity index (χ1v) is 6.98. The molecule has 0 radical (unpaired) electrons. The summed E-state index contributed by atoms with van der Waals surface area (Å²) in [6.07, 6.45) is 3.36. The van der Waals surface area contributed by atoms with Gasteiger partial charge in [0.15, 0.2) is 0 Å². The van der Waals surface area contributed by atoms with Crippen molar-refractivity contribution >= 4 is 11.8 Å². The van der Waals surface area contributed by atoms with Gasteiger partial charge in [-0.15, -0.1) is 0 Å². The van der Waals surface area contributed by atoms with E-state index in [9.17, 15) is 9.59 Å². The van der Waals surface area contributed by atoms with Crippen LogP contribution in [-0.4, -0.2) is 35.2 Å². The van der Waals surface area contributed by atoms with E-state index < -0.39 is 11.8 Å². The van der Waals surface area contributed by atoms with Crippen molar-refractivity contribution in [2.75, 3.05) is 13.7 Å². The van der Waals surface area contributed by atoms with Crippen LogP contribution in [0.2, 0.25) is 0 Å². The first-order chi connectivity index (χ1) is 10.7. The predicted molar refractivity (Wildman–Crippen MR) is 79.6 cm³/mol. The van der Waals surface area contributed by atoms with Gasteiger partial charge in [0, 0.05) is 18.8 Å². The Hall–Kier alpha value is -2.63. The molecule has 116 valence electrons. The molecule has 0 fully saturated rings. The van der Waals surface area contributed by atoms with Gasteiger partial charge in [-0.25, -0.2) is 4.79 Å². The second kappa shape index (κ2) is 7.40. The van der Waals surface area contributed by atoms with E-state index in [1.165, 1.54) is 0 Å². The second-order valence-corrected chi connectivity index (χ2v) is 4.63. The SMILES string of the molecule is CCOC(=O)C(=O)CC(c1cccc(OC)c1)n1cccn1. The molecule has 0 amide bonds. The van der Waals surface area contributed by atoms with E-state index >= 15 is 0 Å². The Labute approximate surface area is 128 Å². The number of ketones is 1. The van der Waals surface area contributed by atoms with E-state index in [0.717, 1.165) is 5.56 Å². The second-order valence-electron chi connectivity index (χ2n) is 4.63. The van der Waals surface area contributed by atoms with Crippen molar-refractivity contribution in [3.8, 4) is 5.75 Å². The highest BCUT2D eigenvalue weighted by atomic mass is 16.5. The lowest BCUT2D eigenvalue weighted by molar-refractivity contribution is -0.153. The Morgan fingerprint density at radius 1 is 1.32 bits per heavy atom. The maximum atomic E-state index is 12.0. The Balaban J connectivity index is 2.27. The highest BCUT2D eigenvalue weighted by Crippen LogP contribution is 2.25. The summed E-state index contributed by atoms with van der Waals surface area (Å²) in [5.41, 5.74) is 0.834. The van der Waals surface area contributed by atoms with Crippen molar-refractivity contribution < 1.29 is 19.1 Å². The number of rotatable bonds is 7. The molecule has 1 unspecified atom stereocenters. The van der Waals surface area contributed by atoms with E-state index in [-0.39, 0.29) is 19.1 Å². The lowest BCUT2D eigenvalue weighted by Gasteiger charge is -2.17. The van der Waals surface area contributed by atoms with Gasteiger partial charge >= 0.3 is 5.97 Å². The zero-order valence-electron chi connectivity index (χ0n) is 12.6. The largest absolute Gasteiger partial charge is 0.497 e. The molecule has 0 saturated heterocycles. The molecule has 0 spiro atoms. The molecular formula is C16H18N2O4. The van der Waals surface area contributed by atoms with Crippen LogP contribution in [0.5, 0.6) is 5.75 Å². The zero-order chi connectivity index (χ0) is 15.9. The predicted octanol–water partition coefficient (Wildman–Crippen LogP) is 2.00. The van der Waals surface area contributed by atoms with Crippen molar-refractivity contribution in [2.24, 2.45) is 0 Å². The number of hydrogen-bond donors (Lipinski definition) is 0. The van der Waals surface area contributed by atoms with Gasteiger partial charge in [0.25, 0.3) is 0 Å². The minimum absolute atomic E-state index is 0.0202. The molecule has 1 aromatic heterocycles. The highest BCUT2D eigenvalue weighted by molar-refractivity contribution is 6.33. The summed E-state index contributed by atoms with van der Waals surface area (Å²) in [5.74, 6) is -0.717. The first kappa shape index (κ1) is 15.8. The molecule has 0 aliphatic heterocycles. The fourth-order valence-electron chi connectivity index (χ4n) is 2.15. The van der Waals surface area contributed by atoms with E-state index in [1.807, 2.05) is 24.3 Å². The van der Waals surface area contributed by atoms with Crippen LogP contribution in [0, 0.1) is 0 Å². The Morgan fingerprint density at radius 2 is 2.14 bits per heavy atom. The molecule has 6 heteroatoms. The summed E-state index contributed by atoms with van der Waals surface area (Å²) in [6.45, 7) is 1.84. The summed E-state index contributed by atoms with van der Waals surface area (Å²) in [5, 5.41) is 4.18. The van der Waals surface area contributed by atoms with Gasteiger partial charge in [0.05, 0.1) is 19.8 Å². The molecule has 2 rings (SSSR count). The smallest absolute Gasteiger partial charge is 0.374 e. The van der Waals surface area contributed by atoms with Crippen LogP contribution in [-0.2, 0) is 14.3 Å². The van der Waals surface area contributed by atoms with Gasteiger partial charge in [-0.2, -0.15) is 5.10 Å². The number of aromatic nitrogens is 2. The van der Waals surface area contributed by atoms with Crippen LogP contribution in [0.3, 0.4) is 0 Å². The molecule has 0 saturated carbocycles. The number of Topliss-reactive ketones (excluding diaryl/α,β-unsaturated/α-hetero) is 1. The lowest BCUT2D eigenvalue weighted by atomic mass is 10.0. The van der Waals surface area contributed by atoms with Crippen molar-refractivity contribution in [1.82, 2.24) is 9.78 Å². The number of benzene rings is 1. The number of carbonyl (C=O) groups excluding carboxylic acids is 2. The molecule has 0 N–H and O–H groups in total. The number of methoxy groups -OCH3 is 1. The summed E-state index contributed by atoms with van der Waals surface area (Å²) in [7, 11) is 1.58. The Morgan fingerprint density at radius 3 is 2.77 bits per heavy atom. The summed E-state index contributed by atoms with van der Waals surface area (Å²) >= 11 is 0. The number of nitrogens with zero attached hydrogens (tertiary/aromatic N) is 2. The molecule has 22 heavy (non-hydrogen) atoms. The quantitative estimate of drug-likeness (QED) is 0.578. The molecule has 6 nitrogen and oxygen atoms in total. The van der Waals surface area contributed by atoms with Crippen molar-refractivity contribution in [3.63, 3.8) is 0 Å². The standard InChI is InChI=1S/C16H18N2O4/c1-3-22-16(20)15(19)11-14(18-9-5-8-17-18)12-6-4-7-13(10-12)21-2/h4-10,14H,3,11H2,1-2H3. The average molecular weight is 302 g/mol. The number of hydrogen-bond acceptors (Lipinski definition) is 5. The van der Waals surface area contributed by atoms with Crippen LogP contribution in [0.25, 0.3) is 0 Å². The van der Waals surface area contributed by atoms with E-state index in [4.69, 9.17) is 9.47 Å². The summed E-state index contributed by atoms with van der Waals surface area (Å²) in [6, 6.07) is 8.72. The van der Waals surface area contributed by atoms with Gasteiger partial charge < -0.3 is 9.47 Å². The van der Waals surface area contributed by atoms with Crippen LogP contribution in [0.4, 0.5) is 0 Å². The maximum Gasteiger partial charge on any atom is 0.374 e. The average Bonchev–Trinajstić information content (AvgIpc) is 3.06. The summed E-state index contributed by atoms with van der Waals surface area (Å²) < 4.78 is 11.6. The molecule has 1 aromatic carbocycles. The maximum absolute atomic E-state index is 12.0. The third kappa shape index (κ3) is 3.72. The van der Waals surface area contributed by atoms with Gasteiger partial charge in [0.1, 0.15) is 5.75 Å². The Kier molecular flexibility index (Phi) is 5.30. The monoisotopic (exact) mass is 302 g/mol. The van der Waals surface area contributed by atoms with Crippen LogP contribution in [0.1, 0.15) is 24.9 Å². The lowest BCUT2D eigenvalue weighted by Crippen LogP contribution is -2.23. The van der Waals surface area contributed by atoms with Gasteiger partial charge in [0.2, 0.25) is 5.78 Å². The van der Waals surface area contributed by atoms with Crippen molar-refractivity contribution in [3.05, 3.63) is 48.3 Å². The normalized spacial score (nSPS) is 11.7. The van der Waals surface area contributed by atoms with Crippen molar-refractivity contribution in [1.29, 1.82) is 0 Å². The summed E-state index contributed by atoms with van der Waals surface area (Å²) in [4.78, 5) is 23.6. The third-order valence-electron chi connectivity index (χ3n) is 3.20. The number of esters is 1. The van der Waals surface area contributed by atoms with Crippen LogP contribution >= 0.6 is 0 Å². The minimum Gasteiger partial charge on any atom is -0.497 e. The van der Waals surface area contributed by atoms with Gasteiger partial charge in [-0.1, -0.05) is 12.1 Å². The third-order valence-corrected chi connectivity index (χ3v) is 3.20. The molecule has 0 aliphatic carbocycles. The zero-order valence-corrected chi connectivity index (χ0v) is 12.6. The molecule has 0 bridgehead atoms. The fourth-order valence-corrected chi connectivity index (χ4v) is 2.15. The molecule has 2 aromatic rings. The van der Waals surface area contributed by atoms with Crippen molar-refractivity contribution in [2.45, 2.75) is 19.4 Å². The molecule has 1 atom stereocenters. The van der Waals surface area contributed by atoms with Crippen LogP contribution < -0.4 is 4.74 Å². The van der Waals surface area contributed by atoms with Gasteiger partial charge in [-0.05, 0) is 30.7 Å². The highest BCUT2D eigenvalue weighted by Gasteiger charge is 2.24. The topological polar surface area (TPSA) is 70.4 Å². The van der Waals surface area contributed by atoms with Crippen LogP contribution in [0.15, 0.2) is 42.7 Å². The van der Waals surface area contributed by atoms with Gasteiger partial charge in [-0.3, -0.25) is 9.48 Å². The molecule has 1 heterocycles. The molecule has 0 aliphatic rings. The fraction of sp³-hybridized carbons (Fsp3) is 0.312. The first-order valence-electron chi connectivity index (χ1n) is 6.98. The molecular weight excluding hydrogens is 284 g/mol. The van der Waals surface area contributed by atoms with E-state index in [0.29, 0.717) is 5.75 Å². The van der Waals surface area contributed by atoms with E-state index in [1.54, 1.807) is 37.2 Å².